The third kappa shape index (κ3) is 1.51. The number of aryl methyl sites for hydroxylation is 1. The van der Waals surface area contributed by atoms with Crippen LogP contribution in [0.15, 0.2) is 22.6 Å². The summed E-state index contributed by atoms with van der Waals surface area (Å²) in [5, 5.41) is 20.9. The Kier molecular flexibility index (Phi) is 2.22. The maximum absolute atomic E-state index is 9.98. The molecule has 1 aromatic carbocycles. The molecule has 18 heavy (non-hydrogen) atoms. The lowest BCUT2D eigenvalue weighted by Crippen LogP contribution is -2.32. The zero-order chi connectivity index (χ0) is 12.9. The Morgan fingerprint density at radius 1 is 1.33 bits per heavy atom. The van der Waals surface area contributed by atoms with Gasteiger partial charge in [-0.25, -0.2) is 0 Å². The quantitative estimate of drug-likeness (QED) is 0.804. The Bertz CT molecular complexity index is 604. The fourth-order valence-electron chi connectivity index (χ4n) is 2.25. The van der Waals surface area contributed by atoms with Gasteiger partial charge in [0.25, 0.3) is 0 Å². The second-order valence-corrected chi connectivity index (χ2v) is 5.16. The van der Waals surface area contributed by atoms with E-state index < -0.39 is 6.23 Å². The van der Waals surface area contributed by atoms with Crippen LogP contribution in [-0.2, 0) is 5.41 Å². The van der Waals surface area contributed by atoms with E-state index in [4.69, 9.17) is 4.42 Å². The van der Waals surface area contributed by atoms with Gasteiger partial charge in [-0.05, 0) is 17.7 Å². The van der Waals surface area contributed by atoms with Crippen LogP contribution in [0.1, 0.15) is 25.3 Å². The number of nitrogens with zero attached hydrogens (tertiary/aromatic N) is 2. The van der Waals surface area contributed by atoms with Crippen molar-refractivity contribution in [3.63, 3.8) is 0 Å². The number of nitrogens with one attached hydrogen (secondary N) is 1. The monoisotopic (exact) mass is 245 g/mol. The minimum atomic E-state index is -0.577. The van der Waals surface area contributed by atoms with Crippen molar-refractivity contribution in [1.29, 1.82) is 0 Å². The molecule has 1 aliphatic rings. The normalized spacial score (nSPS) is 20.6. The lowest BCUT2D eigenvalue weighted by molar-refractivity contribution is 0.137. The Hall–Kier alpha value is -1.88. The summed E-state index contributed by atoms with van der Waals surface area (Å²) >= 11 is 0. The number of aliphatic hydroxyl groups excluding tert-OH is 1. The summed E-state index contributed by atoms with van der Waals surface area (Å²) in [7, 11) is 0. The van der Waals surface area contributed by atoms with Crippen molar-refractivity contribution in [1.82, 2.24) is 10.2 Å². The molecule has 1 atom stereocenters. The topological polar surface area (TPSA) is 71.2 Å². The van der Waals surface area contributed by atoms with Crippen molar-refractivity contribution in [3.05, 3.63) is 29.7 Å². The Balaban J connectivity index is 2.07. The number of hydrogen-bond acceptors (Lipinski definition) is 5. The first-order chi connectivity index (χ1) is 8.48. The maximum atomic E-state index is 9.98. The minimum absolute atomic E-state index is 0.293. The molecule has 0 saturated carbocycles. The lowest BCUT2D eigenvalue weighted by atomic mass is 9.85. The molecule has 5 heteroatoms. The predicted molar refractivity (Wildman–Crippen MR) is 67.1 cm³/mol. The molecule has 0 amide bonds. The largest absolute Gasteiger partial charge is 0.421 e. The van der Waals surface area contributed by atoms with E-state index in [1.807, 2.05) is 32.0 Å². The highest BCUT2D eigenvalue weighted by Crippen LogP contribution is 2.41. The summed E-state index contributed by atoms with van der Waals surface area (Å²) in [5.74, 6) is 1.04. The van der Waals surface area contributed by atoms with Crippen LogP contribution >= 0.6 is 0 Å². The number of benzene rings is 1. The first kappa shape index (κ1) is 11.2. The van der Waals surface area contributed by atoms with Crippen LogP contribution in [0.4, 0.5) is 5.69 Å². The molecule has 0 radical (unpaired) electrons. The molecule has 0 fully saturated rings. The van der Waals surface area contributed by atoms with E-state index in [9.17, 15) is 5.11 Å². The number of fused-ring (bicyclic) bond motifs is 1. The zero-order valence-electron chi connectivity index (χ0n) is 10.6. The number of anilines is 1. The van der Waals surface area contributed by atoms with Gasteiger partial charge in [0.15, 0.2) is 0 Å². The van der Waals surface area contributed by atoms with Crippen molar-refractivity contribution in [3.8, 4) is 11.5 Å². The van der Waals surface area contributed by atoms with E-state index >= 15 is 0 Å². The molecule has 0 bridgehead atoms. The molecular weight excluding hydrogens is 230 g/mol. The summed E-state index contributed by atoms with van der Waals surface area (Å²) < 4.78 is 5.40. The molecule has 94 valence electrons. The van der Waals surface area contributed by atoms with Gasteiger partial charge in [0.1, 0.15) is 6.23 Å². The summed E-state index contributed by atoms with van der Waals surface area (Å²) in [4.78, 5) is 0. The van der Waals surface area contributed by atoms with Gasteiger partial charge in [-0.3, -0.25) is 0 Å². The summed E-state index contributed by atoms with van der Waals surface area (Å²) in [6.07, 6.45) is -0.577. The van der Waals surface area contributed by atoms with E-state index in [0.29, 0.717) is 11.8 Å². The van der Waals surface area contributed by atoms with Gasteiger partial charge in [-0.1, -0.05) is 19.9 Å². The van der Waals surface area contributed by atoms with E-state index in [-0.39, 0.29) is 5.41 Å². The molecule has 0 spiro atoms. The molecule has 2 heterocycles. The van der Waals surface area contributed by atoms with Crippen LogP contribution in [0.25, 0.3) is 11.5 Å². The highest BCUT2D eigenvalue weighted by atomic mass is 16.4. The fraction of sp³-hybridized carbons (Fsp3) is 0.385. The maximum Gasteiger partial charge on any atom is 0.247 e. The standard InChI is InChI=1S/C13H15N3O2/c1-7-15-16-11(18-7)8-4-5-9-10(6-8)14-12(17)13(9,2)3/h4-6,12,14,17H,1-3H3. The number of aromatic nitrogens is 2. The second kappa shape index (κ2) is 3.55. The van der Waals surface area contributed by atoms with Crippen molar-refractivity contribution in [2.24, 2.45) is 0 Å². The summed E-state index contributed by atoms with van der Waals surface area (Å²) in [5.41, 5.74) is 2.57. The van der Waals surface area contributed by atoms with Gasteiger partial charge in [0, 0.05) is 23.6 Å². The van der Waals surface area contributed by atoms with Gasteiger partial charge in [-0.15, -0.1) is 10.2 Å². The molecule has 1 unspecified atom stereocenters. The molecule has 3 rings (SSSR count). The molecule has 5 nitrogen and oxygen atoms in total. The van der Waals surface area contributed by atoms with Gasteiger partial charge >= 0.3 is 0 Å². The average molecular weight is 245 g/mol. The van der Waals surface area contributed by atoms with E-state index in [1.165, 1.54) is 0 Å². The van der Waals surface area contributed by atoms with Crippen LogP contribution in [0.2, 0.25) is 0 Å². The number of rotatable bonds is 1. The smallest absolute Gasteiger partial charge is 0.247 e. The number of aliphatic hydroxyl groups is 1. The van der Waals surface area contributed by atoms with Crippen LogP contribution < -0.4 is 5.32 Å². The van der Waals surface area contributed by atoms with E-state index in [0.717, 1.165) is 16.8 Å². The van der Waals surface area contributed by atoms with Gasteiger partial charge in [0.2, 0.25) is 11.8 Å². The summed E-state index contributed by atoms with van der Waals surface area (Å²) in [6.45, 7) is 5.77. The first-order valence-corrected chi connectivity index (χ1v) is 5.88. The van der Waals surface area contributed by atoms with Crippen LogP contribution in [0.5, 0.6) is 0 Å². The Morgan fingerprint density at radius 2 is 2.11 bits per heavy atom. The van der Waals surface area contributed by atoms with Crippen molar-refractivity contribution in [2.45, 2.75) is 32.4 Å². The van der Waals surface area contributed by atoms with Crippen molar-refractivity contribution in [2.75, 3.05) is 5.32 Å². The molecule has 0 aliphatic carbocycles. The van der Waals surface area contributed by atoms with Crippen molar-refractivity contribution >= 4 is 5.69 Å². The Morgan fingerprint density at radius 3 is 2.78 bits per heavy atom. The fourth-order valence-corrected chi connectivity index (χ4v) is 2.25. The zero-order valence-corrected chi connectivity index (χ0v) is 10.6. The highest BCUT2D eigenvalue weighted by Gasteiger charge is 2.38. The average Bonchev–Trinajstić information content (AvgIpc) is 2.83. The van der Waals surface area contributed by atoms with Crippen LogP contribution in [0, 0.1) is 6.92 Å². The molecular formula is C13H15N3O2. The third-order valence-corrected chi connectivity index (χ3v) is 3.46. The van der Waals surface area contributed by atoms with Crippen LogP contribution in [0.3, 0.4) is 0 Å². The van der Waals surface area contributed by atoms with Gasteiger partial charge in [0.05, 0.1) is 0 Å². The molecule has 1 aliphatic heterocycles. The lowest BCUT2D eigenvalue weighted by Gasteiger charge is -2.22. The predicted octanol–water partition coefficient (Wildman–Crippen LogP) is 2.07. The second-order valence-electron chi connectivity index (χ2n) is 5.16. The Labute approximate surface area is 105 Å². The highest BCUT2D eigenvalue weighted by molar-refractivity contribution is 5.69. The third-order valence-electron chi connectivity index (χ3n) is 3.46. The first-order valence-electron chi connectivity index (χ1n) is 5.88. The van der Waals surface area contributed by atoms with Gasteiger partial charge < -0.3 is 14.8 Å². The van der Waals surface area contributed by atoms with E-state index in [1.54, 1.807) is 6.92 Å². The van der Waals surface area contributed by atoms with Gasteiger partial charge in [-0.2, -0.15) is 0 Å². The molecule has 2 N–H and O–H groups in total. The van der Waals surface area contributed by atoms with Crippen molar-refractivity contribution < 1.29 is 9.52 Å². The molecule has 0 saturated heterocycles. The number of hydrogen-bond donors (Lipinski definition) is 2. The summed E-state index contributed by atoms with van der Waals surface area (Å²) in [6, 6.07) is 5.86. The molecule has 2 aromatic rings. The SMILES string of the molecule is Cc1nnc(-c2ccc3c(c2)NC(O)C3(C)C)o1. The molecule has 1 aromatic heterocycles. The minimum Gasteiger partial charge on any atom is -0.421 e. The van der Waals surface area contributed by atoms with E-state index in [2.05, 4.69) is 15.5 Å². The van der Waals surface area contributed by atoms with Crippen LogP contribution in [-0.4, -0.2) is 21.5 Å².